The Morgan fingerprint density at radius 1 is 1.04 bits per heavy atom. The van der Waals surface area contributed by atoms with Crippen LogP contribution in [0.15, 0.2) is 0 Å². The van der Waals surface area contributed by atoms with Crippen molar-refractivity contribution in [2.45, 2.75) is 127 Å². The van der Waals surface area contributed by atoms with Crippen molar-refractivity contribution in [3.05, 3.63) is 0 Å². The maximum Gasteiger partial charge on any atom is -0.0295 e. The van der Waals surface area contributed by atoms with Gasteiger partial charge < -0.3 is 0 Å². The van der Waals surface area contributed by atoms with E-state index in [0.717, 1.165) is 17.8 Å². The molecule has 0 N–H and O–H groups in total. The Bertz CT molecular complexity index is 303. The molecule has 1 rings (SSSR count). The number of rotatable bonds is 10. The Balaban J connectivity index is 0.00000254. The largest absolute Gasteiger partial charge is 0.0683 e. The second-order valence-electron chi connectivity index (χ2n) is 9.30. The molecule has 146 valence electrons. The highest BCUT2D eigenvalue weighted by Crippen LogP contribution is 2.51. The van der Waals surface area contributed by atoms with Crippen molar-refractivity contribution in [3.8, 4) is 0 Å². The van der Waals surface area contributed by atoms with Gasteiger partial charge in [0, 0.05) is 0 Å². The van der Waals surface area contributed by atoms with Gasteiger partial charge in [-0.25, -0.2) is 0 Å². The molecule has 0 aromatic rings. The summed E-state index contributed by atoms with van der Waals surface area (Å²) in [5.74, 6) is 2.82. The van der Waals surface area contributed by atoms with Gasteiger partial charge in [0.15, 0.2) is 0 Å². The molecule has 0 amide bonds. The molecule has 24 heavy (non-hydrogen) atoms. The summed E-state index contributed by atoms with van der Waals surface area (Å²) in [5.41, 5.74) is 1.18. The van der Waals surface area contributed by atoms with Gasteiger partial charge in [0.05, 0.1) is 0 Å². The highest BCUT2D eigenvalue weighted by Gasteiger charge is 2.40. The van der Waals surface area contributed by atoms with Crippen LogP contribution in [0, 0.1) is 28.6 Å². The van der Waals surface area contributed by atoms with Crippen LogP contribution in [-0.4, -0.2) is 0 Å². The smallest absolute Gasteiger partial charge is 0.0295 e. The predicted octanol–water partition coefficient (Wildman–Crippen LogP) is 8.89. The fraction of sp³-hybridized carbons (Fsp3) is 1.00. The third kappa shape index (κ3) is 6.72. The first-order chi connectivity index (χ1) is 11.3. The minimum atomic E-state index is 0.533. The zero-order valence-electron chi connectivity index (χ0n) is 18.8. The van der Waals surface area contributed by atoms with Crippen LogP contribution in [0.1, 0.15) is 127 Å². The van der Waals surface area contributed by atoms with Crippen LogP contribution in [0.3, 0.4) is 0 Å². The average Bonchev–Trinajstić information content (AvgIpc) is 2.91. The third-order valence-electron chi connectivity index (χ3n) is 7.13. The minimum absolute atomic E-state index is 0.533. The second kappa shape index (κ2) is 11.6. The summed E-state index contributed by atoms with van der Waals surface area (Å²) in [6.45, 7) is 21.3. The molecule has 0 spiro atoms. The van der Waals surface area contributed by atoms with Gasteiger partial charge in [-0.3, -0.25) is 0 Å². The molecule has 0 heteroatoms. The van der Waals surface area contributed by atoms with Crippen molar-refractivity contribution < 1.29 is 0 Å². The molecule has 0 nitrogen and oxygen atoms in total. The molecule has 0 saturated heterocycles. The molecule has 4 atom stereocenters. The van der Waals surface area contributed by atoms with Crippen LogP contribution in [0.4, 0.5) is 0 Å². The monoisotopic (exact) mass is 338 g/mol. The molecule has 4 unspecified atom stereocenters. The van der Waals surface area contributed by atoms with E-state index in [0.29, 0.717) is 10.8 Å². The lowest BCUT2D eigenvalue weighted by Crippen LogP contribution is -2.29. The van der Waals surface area contributed by atoms with Gasteiger partial charge >= 0.3 is 0 Å². The van der Waals surface area contributed by atoms with Crippen molar-refractivity contribution in [3.63, 3.8) is 0 Å². The van der Waals surface area contributed by atoms with Gasteiger partial charge in [0.1, 0.15) is 0 Å². The van der Waals surface area contributed by atoms with E-state index in [1.165, 1.54) is 64.2 Å². The maximum absolute atomic E-state index is 2.59. The van der Waals surface area contributed by atoms with Crippen molar-refractivity contribution >= 4 is 0 Å². The van der Waals surface area contributed by atoms with Crippen LogP contribution >= 0.6 is 0 Å². The van der Waals surface area contributed by atoms with Crippen LogP contribution in [-0.2, 0) is 0 Å². The van der Waals surface area contributed by atoms with Crippen molar-refractivity contribution in [2.24, 2.45) is 28.6 Å². The average molecular weight is 339 g/mol. The van der Waals surface area contributed by atoms with E-state index >= 15 is 0 Å². The van der Waals surface area contributed by atoms with E-state index in [1.807, 2.05) is 13.8 Å². The molecule has 1 fully saturated rings. The third-order valence-corrected chi connectivity index (χ3v) is 7.13. The zero-order chi connectivity index (χ0) is 18.8. The van der Waals surface area contributed by atoms with Crippen LogP contribution in [0.25, 0.3) is 0 Å². The summed E-state index contributed by atoms with van der Waals surface area (Å²) in [6.07, 6.45) is 14.2. The Morgan fingerprint density at radius 3 is 2.17 bits per heavy atom. The first-order valence-electron chi connectivity index (χ1n) is 11.3. The summed E-state index contributed by atoms with van der Waals surface area (Å²) in [6, 6.07) is 0. The Morgan fingerprint density at radius 2 is 1.67 bits per heavy atom. The first kappa shape index (κ1) is 24.0. The quantitative estimate of drug-likeness (QED) is 0.373. The molecule has 0 aromatic heterocycles. The molecule has 1 aliphatic rings. The van der Waals surface area contributed by atoms with Gasteiger partial charge in [-0.2, -0.15) is 0 Å². The highest BCUT2D eigenvalue weighted by atomic mass is 14.5. The molecule has 1 saturated carbocycles. The van der Waals surface area contributed by atoms with E-state index in [2.05, 4.69) is 48.5 Å². The lowest BCUT2D eigenvalue weighted by atomic mass is 9.67. The summed E-state index contributed by atoms with van der Waals surface area (Å²) in [7, 11) is 0. The van der Waals surface area contributed by atoms with Crippen LogP contribution < -0.4 is 0 Å². The molecular weight excluding hydrogens is 288 g/mol. The lowest BCUT2D eigenvalue weighted by Gasteiger charge is -2.38. The van der Waals surface area contributed by atoms with Gasteiger partial charge in [0.25, 0.3) is 0 Å². The van der Waals surface area contributed by atoms with E-state index in [9.17, 15) is 0 Å². The van der Waals surface area contributed by atoms with Crippen molar-refractivity contribution in [1.82, 2.24) is 0 Å². The molecule has 0 bridgehead atoms. The van der Waals surface area contributed by atoms with Gasteiger partial charge in [-0.1, -0.05) is 94.4 Å². The Hall–Kier alpha value is 0. The minimum Gasteiger partial charge on any atom is -0.0683 e. The fourth-order valence-electron chi connectivity index (χ4n) is 5.77. The normalized spacial score (nSPS) is 26.6. The lowest BCUT2D eigenvalue weighted by molar-refractivity contribution is 0.119. The second-order valence-corrected chi connectivity index (χ2v) is 9.30. The number of hydrogen-bond acceptors (Lipinski definition) is 0. The van der Waals surface area contributed by atoms with Gasteiger partial charge in [-0.15, -0.1) is 0 Å². The molecule has 0 aliphatic heterocycles. The molecule has 0 radical (unpaired) electrons. The zero-order valence-corrected chi connectivity index (χ0v) is 18.8. The maximum atomic E-state index is 2.59. The standard InChI is InChI=1S/C22H44.C2H6/c1-8-15-21(5,6)19(10-3)14-13-18(4)20-12-11-17-22(20,7)16-9-2;1-2/h18-20H,8-17H2,1-7H3;1-2H3. The summed E-state index contributed by atoms with van der Waals surface area (Å²) < 4.78 is 0. The van der Waals surface area contributed by atoms with E-state index in [4.69, 9.17) is 0 Å². The number of hydrogen-bond donors (Lipinski definition) is 0. The molecule has 1 aliphatic carbocycles. The molecule has 0 aromatic carbocycles. The molecule has 0 heterocycles. The van der Waals surface area contributed by atoms with E-state index in [-0.39, 0.29) is 0 Å². The topological polar surface area (TPSA) is 0 Å². The Labute approximate surface area is 155 Å². The van der Waals surface area contributed by atoms with Crippen LogP contribution in [0.2, 0.25) is 0 Å². The van der Waals surface area contributed by atoms with Crippen molar-refractivity contribution in [2.75, 3.05) is 0 Å². The van der Waals surface area contributed by atoms with Gasteiger partial charge in [0.2, 0.25) is 0 Å². The molecular formula is C24H50. The summed E-state index contributed by atoms with van der Waals surface area (Å²) in [4.78, 5) is 0. The Kier molecular flexibility index (Phi) is 11.6. The highest BCUT2D eigenvalue weighted by molar-refractivity contribution is 4.91. The van der Waals surface area contributed by atoms with E-state index < -0.39 is 0 Å². The first-order valence-corrected chi connectivity index (χ1v) is 11.3. The SMILES string of the molecule is CC.CCCC(C)(C)C(CC)CCC(C)C1CCCC1(C)CCC. The van der Waals surface area contributed by atoms with Crippen LogP contribution in [0.5, 0.6) is 0 Å². The summed E-state index contributed by atoms with van der Waals surface area (Å²) >= 11 is 0. The summed E-state index contributed by atoms with van der Waals surface area (Å²) in [5, 5.41) is 0. The van der Waals surface area contributed by atoms with Crippen molar-refractivity contribution in [1.29, 1.82) is 0 Å². The van der Waals surface area contributed by atoms with E-state index in [1.54, 1.807) is 0 Å². The fourth-order valence-corrected chi connectivity index (χ4v) is 5.77. The van der Waals surface area contributed by atoms with Gasteiger partial charge in [-0.05, 0) is 60.7 Å². The predicted molar refractivity (Wildman–Crippen MR) is 113 cm³/mol.